The molecule has 0 unspecified atom stereocenters. The molecule has 160 valence electrons. The molecule has 0 saturated carbocycles. The van der Waals surface area contributed by atoms with Crippen molar-refractivity contribution < 1.29 is 4.79 Å². The summed E-state index contributed by atoms with van der Waals surface area (Å²) in [6.07, 6.45) is 6.46. The maximum absolute atomic E-state index is 13.1. The van der Waals surface area contributed by atoms with Gasteiger partial charge in [-0.3, -0.25) is 9.69 Å². The second kappa shape index (κ2) is 10.8. The number of imidazole rings is 1. The van der Waals surface area contributed by atoms with E-state index in [4.69, 9.17) is 4.98 Å². The minimum atomic E-state index is 0.199. The molecule has 0 atom stereocenters. The number of carbonyl (C=O) groups excluding carboxylic acids is 1. The van der Waals surface area contributed by atoms with E-state index in [-0.39, 0.29) is 5.92 Å². The number of aromatic nitrogens is 2. The third-order valence-electron chi connectivity index (χ3n) is 6.23. The minimum absolute atomic E-state index is 0.199. The molecule has 29 heavy (non-hydrogen) atoms. The zero-order chi connectivity index (χ0) is 20.6. The normalized spacial score (nSPS) is 15.8. The van der Waals surface area contributed by atoms with E-state index in [2.05, 4.69) is 59.4 Å². The Bertz CT molecular complexity index is 768. The summed E-state index contributed by atoms with van der Waals surface area (Å²) < 4.78 is 2.32. The maximum Gasteiger partial charge on any atom is 0.225 e. The van der Waals surface area contributed by atoms with E-state index < -0.39 is 0 Å². The maximum atomic E-state index is 13.1. The van der Waals surface area contributed by atoms with Gasteiger partial charge >= 0.3 is 0 Å². The predicted octanol–water partition coefficient (Wildman–Crippen LogP) is 4.70. The van der Waals surface area contributed by atoms with Crippen LogP contribution in [-0.2, 0) is 17.9 Å². The molecule has 1 aromatic carbocycles. The van der Waals surface area contributed by atoms with Gasteiger partial charge in [-0.15, -0.1) is 0 Å². The number of fused-ring (bicyclic) bond motifs is 1. The van der Waals surface area contributed by atoms with Crippen LogP contribution in [0.5, 0.6) is 0 Å². The van der Waals surface area contributed by atoms with Gasteiger partial charge in [0.05, 0.1) is 17.6 Å². The van der Waals surface area contributed by atoms with E-state index in [1.807, 2.05) is 0 Å². The number of para-hydroxylation sites is 2. The topological polar surface area (TPSA) is 41.4 Å². The van der Waals surface area contributed by atoms with Gasteiger partial charge in [-0.2, -0.15) is 0 Å². The van der Waals surface area contributed by atoms with Crippen LogP contribution >= 0.6 is 0 Å². The summed E-state index contributed by atoms with van der Waals surface area (Å²) in [5.41, 5.74) is 2.30. The molecule has 2 heterocycles. The molecule has 1 aliphatic heterocycles. The lowest BCUT2D eigenvalue weighted by Crippen LogP contribution is -2.43. The number of amides is 1. The molecular weight excluding hydrogens is 360 g/mol. The molecule has 5 heteroatoms. The van der Waals surface area contributed by atoms with Crippen molar-refractivity contribution >= 4 is 16.9 Å². The van der Waals surface area contributed by atoms with Gasteiger partial charge in [0.25, 0.3) is 0 Å². The Morgan fingerprint density at radius 3 is 2.34 bits per heavy atom. The Morgan fingerprint density at radius 2 is 1.72 bits per heavy atom. The van der Waals surface area contributed by atoms with E-state index in [1.165, 1.54) is 5.52 Å². The fourth-order valence-corrected chi connectivity index (χ4v) is 4.43. The summed E-state index contributed by atoms with van der Waals surface area (Å²) in [5, 5.41) is 0. The number of piperidine rings is 1. The molecular formula is C24H38N4O. The fraction of sp³-hybridized carbons (Fsp3) is 0.667. The van der Waals surface area contributed by atoms with Crippen molar-refractivity contribution in [3.63, 3.8) is 0 Å². The summed E-state index contributed by atoms with van der Waals surface area (Å²) in [6.45, 7) is 12.2. The average molecular weight is 399 g/mol. The molecule has 0 radical (unpaired) electrons. The van der Waals surface area contributed by atoms with E-state index in [0.29, 0.717) is 5.91 Å². The van der Waals surface area contributed by atoms with Crippen LogP contribution in [0.1, 0.15) is 65.1 Å². The standard InChI is InChI=1S/C24H38N4O/c1-4-7-15-27(16-8-5-2)24(29)20-13-17-26(18-14-20)19-23-25-21-11-9-10-12-22(21)28(23)6-3/h9-12,20H,4-8,13-19H2,1-3H3. The molecule has 0 bridgehead atoms. The van der Waals surface area contributed by atoms with Gasteiger partial charge in [0, 0.05) is 25.6 Å². The summed E-state index contributed by atoms with van der Waals surface area (Å²) in [5.74, 6) is 1.74. The van der Waals surface area contributed by atoms with Crippen LogP contribution in [0.15, 0.2) is 24.3 Å². The van der Waals surface area contributed by atoms with Crippen LogP contribution in [0, 0.1) is 5.92 Å². The SMILES string of the molecule is CCCCN(CCCC)C(=O)C1CCN(Cc2nc3ccccc3n2CC)CC1. The first-order chi connectivity index (χ1) is 14.2. The van der Waals surface area contributed by atoms with Gasteiger partial charge in [-0.05, 0) is 57.8 Å². The first-order valence-corrected chi connectivity index (χ1v) is 11.6. The summed E-state index contributed by atoms with van der Waals surface area (Å²) in [4.78, 5) is 22.6. The Morgan fingerprint density at radius 1 is 1.07 bits per heavy atom. The molecule has 1 aliphatic rings. The second-order valence-electron chi connectivity index (χ2n) is 8.34. The molecule has 1 amide bonds. The van der Waals surface area contributed by atoms with E-state index >= 15 is 0 Å². The Hall–Kier alpha value is -1.88. The molecule has 0 aliphatic carbocycles. The van der Waals surface area contributed by atoms with Crippen molar-refractivity contribution in [1.29, 1.82) is 0 Å². The lowest BCUT2D eigenvalue weighted by molar-refractivity contribution is -0.137. The van der Waals surface area contributed by atoms with Crippen molar-refractivity contribution in [2.45, 2.75) is 72.4 Å². The third kappa shape index (κ3) is 5.39. The number of unbranched alkanes of at least 4 members (excludes halogenated alkanes) is 2. The number of hydrogen-bond donors (Lipinski definition) is 0. The largest absolute Gasteiger partial charge is 0.342 e. The lowest BCUT2D eigenvalue weighted by atomic mass is 9.95. The monoisotopic (exact) mass is 398 g/mol. The first kappa shape index (κ1) is 21.8. The van der Waals surface area contributed by atoms with Crippen LogP contribution in [0.2, 0.25) is 0 Å². The van der Waals surface area contributed by atoms with Crippen molar-refractivity contribution in [3.8, 4) is 0 Å². The van der Waals surface area contributed by atoms with Crippen molar-refractivity contribution in [1.82, 2.24) is 19.4 Å². The zero-order valence-electron chi connectivity index (χ0n) is 18.6. The van der Waals surface area contributed by atoms with Crippen LogP contribution in [0.4, 0.5) is 0 Å². The highest BCUT2D eigenvalue weighted by Crippen LogP contribution is 2.23. The molecule has 0 N–H and O–H groups in total. The first-order valence-electron chi connectivity index (χ1n) is 11.6. The predicted molar refractivity (Wildman–Crippen MR) is 120 cm³/mol. The van der Waals surface area contributed by atoms with Crippen LogP contribution in [0.25, 0.3) is 11.0 Å². The number of hydrogen-bond acceptors (Lipinski definition) is 3. The van der Waals surface area contributed by atoms with E-state index in [1.54, 1.807) is 0 Å². The highest BCUT2D eigenvalue weighted by atomic mass is 16.2. The molecule has 3 rings (SSSR count). The quantitative estimate of drug-likeness (QED) is 0.583. The van der Waals surface area contributed by atoms with E-state index in [0.717, 1.165) is 89.1 Å². The zero-order valence-corrected chi connectivity index (χ0v) is 18.6. The van der Waals surface area contributed by atoms with Gasteiger partial charge < -0.3 is 9.47 Å². The number of nitrogens with zero attached hydrogens (tertiary/aromatic N) is 4. The third-order valence-corrected chi connectivity index (χ3v) is 6.23. The average Bonchev–Trinajstić information content (AvgIpc) is 3.11. The Balaban J connectivity index is 1.58. The summed E-state index contributed by atoms with van der Waals surface area (Å²) in [6, 6.07) is 8.39. The highest BCUT2D eigenvalue weighted by Gasteiger charge is 2.28. The van der Waals surface area contributed by atoms with Gasteiger partial charge in [-0.1, -0.05) is 38.8 Å². The van der Waals surface area contributed by atoms with E-state index in [9.17, 15) is 4.79 Å². The number of rotatable bonds is 10. The minimum Gasteiger partial charge on any atom is -0.342 e. The van der Waals surface area contributed by atoms with Gasteiger partial charge in [-0.25, -0.2) is 4.98 Å². The lowest BCUT2D eigenvalue weighted by Gasteiger charge is -2.34. The summed E-state index contributed by atoms with van der Waals surface area (Å²) in [7, 11) is 0. The molecule has 1 fully saturated rings. The van der Waals surface area contributed by atoms with Crippen LogP contribution < -0.4 is 0 Å². The Labute approximate surface area is 176 Å². The van der Waals surface area contributed by atoms with Crippen molar-refractivity contribution in [3.05, 3.63) is 30.1 Å². The number of carbonyl (C=O) groups is 1. The van der Waals surface area contributed by atoms with Gasteiger partial charge in [0.1, 0.15) is 5.82 Å². The van der Waals surface area contributed by atoms with Crippen LogP contribution in [0.3, 0.4) is 0 Å². The Kier molecular flexibility index (Phi) is 8.10. The number of likely N-dealkylation sites (tertiary alicyclic amines) is 1. The van der Waals surface area contributed by atoms with Crippen LogP contribution in [-0.4, -0.2) is 51.4 Å². The highest BCUT2D eigenvalue weighted by molar-refractivity contribution is 5.79. The molecule has 1 aromatic heterocycles. The fourth-order valence-electron chi connectivity index (χ4n) is 4.43. The molecule has 1 saturated heterocycles. The summed E-state index contributed by atoms with van der Waals surface area (Å²) >= 11 is 0. The molecule has 5 nitrogen and oxygen atoms in total. The van der Waals surface area contributed by atoms with Crippen molar-refractivity contribution in [2.24, 2.45) is 5.92 Å². The van der Waals surface area contributed by atoms with Crippen molar-refractivity contribution in [2.75, 3.05) is 26.2 Å². The second-order valence-corrected chi connectivity index (χ2v) is 8.34. The number of aryl methyl sites for hydroxylation is 1. The molecule has 2 aromatic rings. The van der Waals surface area contributed by atoms with Gasteiger partial charge in [0.2, 0.25) is 5.91 Å². The van der Waals surface area contributed by atoms with Gasteiger partial charge in [0.15, 0.2) is 0 Å². The smallest absolute Gasteiger partial charge is 0.225 e. The molecule has 0 spiro atoms. The number of benzene rings is 1.